The summed E-state index contributed by atoms with van der Waals surface area (Å²) in [6, 6.07) is 7.87. The van der Waals surface area contributed by atoms with Crippen LogP contribution in [-0.4, -0.2) is 9.97 Å². The zero-order valence-electron chi connectivity index (χ0n) is 9.69. The molecule has 0 atom stereocenters. The predicted molar refractivity (Wildman–Crippen MR) is 65.4 cm³/mol. The molecule has 3 nitrogen and oxygen atoms in total. The summed E-state index contributed by atoms with van der Waals surface area (Å²) in [5, 5.41) is 1.05. The van der Waals surface area contributed by atoms with Crippen LogP contribution in [0.2, 0.25) is 0 Å². The number of hydrogen-bond acceptors (Lipinski definition) is 3. The number of fused-ring (bicyclic) bond motifs is 3. The number of benzene rings is 1. The number of aromatic nitrogens is 2. The Morgan fingerprint density at radius 2 is 1.81 bits per heavy atom. The molecule has 3 rings (SSSR count). The van der Waals surface area contributed by atoms with Gasteiger partial charge in [-0.25, -0.2) is 9.97 Å². The van der Waals surface area contributed by atoms with E-state index >= 15 is 0 Å². The van der Waals surface area contributed by atoms with Gasteiger partial charge in [0.05, 0.1) is 6.20 Å². The van der Waals surface area contributed by atoms with Gasteiger partial charge in [0, 0.05) is 5.39 Å². The summed E-state index contributed by atoms with van der Waals surface area (Å²) in [7, 11) is 0. The molecule has 16 heavy (non-hydrogen) atoms. The molecule has 0 aliphatic heterocycles. The van der Waals surface area contributed by atoms with E-state index in [4.69, 9.17) is 4.42 Å². The van der Waals surface area contributed by atoms with E-state index in [0.29, 0.717) is 0 Å². The number of nitrogens with zero attached hydrogens (tertiary/aromatic N) is 2. The maximum Gasteiger partial charge on any atom is 0.172 e. The van der Waals surface area contributed by atoms with E-state index in [1.54, 1.807) is 6.20 Å². The third-order valence-electron chi connectivity index (χ3n) is 2.24. The Morgan fingerprint density at radius 3 is 2.62 bits per heavy atom. The molecule has 3 heteroatoms. The minimum Gasteiger partial charge on any atom is -0.453 e. The summed E-state index contributed by atoms with van der Waals surface area (Å²) in [6.45, 7) is 5.88. The average Bonchev–Trinajstić information content (AvgIpc) is 2.70. The van der Waals surface area contributed by atoms with Crippen LogP contribution in [0.3, 0.4) is 0 Å². The molecule has 0 amide bonds. The SMILES string of the molecule is CC.Cc1ncc2oc3ccccc3c2n1. The lowest BCUT2D eigenvalue weighted by Gasteiger charge is -1.89. The summed E-state index contributed by atoms with van der Waals surface area (Å²) < 4.78 is 5.58. The lowest BCUT2D eigenvalue weighted by molar-refractivity contribution is 0.665. The molecule has 2 heterocycles. The Morgan fingerprint density at radius 1 is 1.06 bits per heavy atom. The normalized spacial score (nSPS) is 10.2. The van der Waals surface area contributed by atoms with Crippen molar-refractivity contribution in [3.8, 4) is 0 Å². The van der Waals surface area contributed by atoms with Gasteiger partial charge < -0.3 is 4.42 Å². The third kappa shape index (κ3) is 1.65. The molecule has 0 aliphatic carbocycles. The monoisotopic (exact) mass is 214 g/mol. The van der Waals surface area contributed by atoms with Crippen LogP contribution >= 0.6 is 0 Å². The number of aryl methyl sites for hydroxylation is 1. The fraction of sp³-hybridized carbons (Fsp3) is 0.231. The first-order valence-electron chi connectivity index (χ1n) is 5.45. The largest absolute Gasteiger partial charge is 0.453 e. The van der Waals surface area contributed by atoms with Crippen molar-refractivity contribution in [3.05, 3.63) is 36.3 Å². The van der Waals surface area contributed by atoms with E-state index in [9.17, 15) is 0 Å². The highest BCUT2D eigenvalue weighted by atomic mass is 16.3. The van der Waals surface area contributed by atoms with Crippen LogP contribution in [0.5, 0.6) is 0 Å². The zero-order valence-corrected chi connectivity index (χ0v) is 9.69. The molecule has 0 fully saturated rings. The van der Waals surface area contributed by atoms with Gasteiger partial charge in [-0.2, -0.15) is 0 Å². The molecule has 82 valence electrons. The summed E-state index contributed by atoms with van der Waals surface area (Å²) >= 11 is 0. The van der Waals surface area contributed by atoms with Crippen molar-refractivity contribution in [2.45, 2.75) is 20.8 Å². The first-order valence-corrected chi connectivity index (χ1v) is 5.45. The van der Waals surface area contributed by atoms with Crippen LogP contribution in [0.4, 0.5) is 0 Å². The highest BCUT2D eigenvalue weighted by Gasteiger charge is 2.07. The van der Waals surface area contributed by atoms with Crippen LogP contribution in [0, 0.1) is 6.92 Å². The van der Waals surface area contributed by atoms with Crippen molar-refractivity contribution in [3.63, 3.8) is 0 Å². The molecule has 0 spiro atoms. The zero-order chi connectivity index (χ0) is 11.5. The predicted octanol–water partition coefficient (Wildman–Crippen LogP) is 3.71. The Labute approximate surface area is 94.1 Å². The molecule has 0 unspecified atom stereocenters. The van der Waals surface area contributed by atoms with Crippen LogP contribution in [0.1, 0.15) is 19.7 Å². The van der Waals surface area contributed by atoms with E-state index in [0.717, 1.165) is 27.9 Å². The summed E-state index contributed by atoms with van der Waals surface area (Å²) in [5.41, 5.74) is 2.51. The van der Waals surface area contributed by atoms with Crippen LogP contribution in [0.15, 0.2) is 34.9 Å². The summed E-state index contributed by atoms with van der Waals surface area (Å²) in [5.74, 6) is 0.768. The topological polar surface area (TPSA) is 38.9 Å². The summed E-state index contributed by atoms with van der Waals surface area (Å²) in [4.78, 5) is 8.46. The van der Waals surface area contributed by atoms with Gasteiger partial charge in [0.1, 0.15) is 16.9 Å². The quantitative estimate of drug-likeness (QED) is 0.572. The van der Waals surface area contributed by atoms with Gasteiger partial charge in [-0.3, -0.25) is 0 Å². The number of rotatable bonds is 0. The Balaban J connectivity index is 0.000000457. The van der Waals surface area contributed by atoms with E-state index < -0.39 is 0 Å². The fourth-order valence-corrected chi connectivity index (χ4v) is 1.60. The fourth-order valence-electron chi connectivity index (χ4n) is 1.60. The second-order valence-electron chi connectivity index (χ2n) is 3.23. The van der Waals surface area contributed by atoms with E-state index in [1.807, 2.05) is 45.0 Å². The van der Waals surface area contributed by atoms with Gasteiger partial charge in [-0.05, 0) is 19.1 Å². The maximum absolute atomic E-state index is 5.58. The molecule has 0 bridgehead atoms. The molecule has 3 aromatic rings. The molecule has 0 saturated carbocycles. The number of para-hydroxylation sites is 1. The van der Waals surface area contributed by atoms with Crippen molar-refractivity contribution in [2.24, 2.45) is 0 Å². The minimum absolute atomic E-state index is 0.747. The highest BCUT2D eigenvalue weighted by molar-refractivity contribution is 6.01. The van der Waals surface area contributed by atoms with Gasteiger partial charge in [0.2, 0.25) is 0 Å². The van der Waals surface area contributed by atoms with Gasteiger partial charge >= 0.3 is 0 Å². The van der Waals surface area contributed by atoms with Crippen molar-refractivity contribution >= 4 is 22.1 Å². The smallest absolute Gasteiger partial charge is 0.172 e. The third-order valence-corrected chi connectivity index (χ3v) is 2.24. The molecule has 0 aliphatic rings. The van der Waals surface area contributed by atoms with E-state index in [-0.39, 0.29) is 0 Å². The van der Waals surface area contributed by atoms with Crippen LogP contribution in [0.25, 0.3) is 22.1 Å². The van der Waals surface area contributed by atoms with Crippen LogP contribution in [-0.2, 0) is 0 Å². The van der Waals surface area contributed by atoms with E-state index in [1.165, 1.54) is 0 Å². The van der Waals surface area contributed by atoms with E-state index in [2.05, 4.69) is 9.97 Å². The van der Waals surface area contributed by atoms with Crippen molar-refractivity contribution in [1.82, 2.24) is 9.97 Å². The molecular formula is C13H14N2O. The van der Waals surface area contributed by atoms with Gasteiger partial charge in [0.15, 0.2) is 5.58 Å². The lowest BCUT2D eigenvalue weighted by atomic mass is 10.2. The Kier molecular flexibility index (Phi) is 2.86. The Bertz CT molecular complexity index is 613. The standard InChI is InChI=1S/C11H8N2O.C2H6/c1-7-12-6-10-11(13-7)8-4-2-3-5-9(8)14-10;1-2/h2-6H,1H3;1-2H3. The summed E-state index contributed by atoms with van der Waals surface area (Å²) in [6.07, 6.45) is 1.72. The first-order chi connectivity index (χ1) is 7.84. The Hall–Kier alpha value is -1.90. The van der Waals surface area contributed by atoms with Crippen molar-refractivity contribution in [1.29, 1.82) is 0 Å². The van der Waals surface area contributed by atoms with Crippen molar-refractivity contribution in [2.75, 3.05) is 0 Å². The van der Waals surface area contributed by atoms with Gasteiger partial charge in [0.25, 0.3) is 0 Å². The average molecular weight is 214 g/mol. The minimum atomic E-state index is 0.747. The molecule has 2 aromatic heterocycles. The number of furan rings is 1. The number of hydrogen-bond donors (Lipinski definition) is 0. The second kappa shape index (κ2) is 4.31. The first kappa shape index (κ1) is 10.6. The molecular weight excluding hydrogens is 200 g/mol. The van der Waals surface area contributed by atoms with Crippen LogP contribution < -0.4 is 0 Å². The maximum atomic E-state index is 5.58. The lowest BCUT2D eigenvalue weighted by Crippen LogP contribution is -1.84. The second-order valence-corrected chi connectivity index (χ2v) is 3.23. The molecule has 1 aromatic carbocycles. The highest BCUT2D eigenvalue weighted by Crippen LogP contribution is 2.25. The van der Waals surface area contributed by atoms with Crippen molar-refractivity contribution < 1.29 is 4.42 Å². The molecule has 0 N–H and O–H groups in total. The van der Waals surface area contributed by atoms with Gasteiger partial charge in [-0.1, -0.05) is 26.0 Å². The van der Waals surface area contributed by atoms with Gasteiger partial charge in [-0.15, -0.1) is 0 Å². The molecule has 0 saturated heterocycles. The molecule has 0 radical (unpaired) electrons.